The summed E-state index contributed by atoms with van der Waals surface area (Å²) in [6.07, 6.45) is 0. The fraction of sp³-hybridized carbons (Fsp3) is 0.467. The van der Waals surface area contributed by atoms with E-state index in [1.807, 2.05) is 0 Å². The molecule has 1 unspecified atom stereocenters. The number of hydrogen-bond donors (Lipinski definition) is 3. The third-order valence-corrected chi connectivity index (χ3v) is 3.25. The minimum atomic E-state index is -0.737. The van der Waals surface area contributed by atoms with Gasteiger partial charge in [-0.3, -0.25) is 9.59 Å². The number of nitrogens with two attached hydrogens (primary N) is 1. The Bertz CT molecular complexity index is 550. The van der Waals surface area contributed by atoms with Gasteiger partial charge in [0.25, 0.3) is 0 Å². The summed E-state index contributed by atoms with van der Waals surface area (Å²) in [5, 5.41) is 4.94. The fourth-order valence-electron chi connectivity index (χ4n) is 1.81. The van der Waals surface area contributed by atoms with Crippen LogP contribution < -0.4 is 16.4 Å². The van der Waals surface area contributed by atoms with Crippen LogP contribution in [0.2, 0.25) is 0 Å². The smallest absolute Gasteiger partial charge is 0.239 e. The van der Waals surface area contributed by atoms with E-state index in [1.54, 1.807) is 20.8 Å². The van der Waals surface area contributed by atoms with Crippen molar-refractivity contribution in [2.24, 2.45) is 11.7 Å². The van der Waals surface area contributed by atoms with Gasteiger partial charge in [-0.15, -0.1) is 0 Å². The maximum absolute atomic E-state index is 13.6. The first-order chi connectivity index (χ1) is 10.2. The zero-order valence-electron chi connectivity index (χ0n) is 12.8. The van der Waals surface area contributed by atoms with Gasteiger partial charge in [0.1, 0.15) is 11.6 Å². The number of halogens is 2. The average Bonchev–Trinajstić information content (AvgIpc) is 2.43. The molecular weight excluding hydrogens is 292 g/mol. The van der Waals surface area contributed by atoms with Crippen LogP contribution >= 0.6 is 0 Å². The molecule has 0 radical (unpaired) electrons. The Balaban J connectivity index is 2.53. The molecule has 7 heteroatoms. The lowest BCUT2D eigenvalue weighted by Gasteiger charge is -2.17. The Labute approximate surface area is 128 Å². The van der Waals surface area contributed by atoms with E-state index in [4.69, 9.17) is 5.73 Å². The number of rotatable bonds is 6. The predicted molar refractivity (Wildman–Crippen MR) is 78.7 cm³/mol. The molecular formula is C15H21F2N3O2. The molecule has 2 atom stereocenters. The van der Waals surface area contributed by atoms with E-state index in [2.05, 4.69) is 10.6 Å². The lowest BCUT2D eigenvalue weighted by atomic mass is 10.1. The first kappa shape index (κ1) is 18.0. The minimum absolute atomic E-state index is 0.0460. The molecule has 0 bridgehead atoms. The van der Waals surface area contributed by atoms with Gasteiger partial charge >= 0.3 is 0 Å². The van der Waals surface area contributed by atoms with Crippen LogP contribution in [0.3, 0.4) is 0 Å². The Morgan fingerprint density at radius 3 is 2.41 bits per heavy atom. The molecule has 0 saturated heterocycles. The molecule has 0 aliphatic heterocycles. The molecule has 122 valence electrons. The van der Waals surface area contributed by atoms with Crippen molar-refractivity contribution in [3.63, 3.8) is 0 Å². The summed E-state index contributed by atoms with van der Waals surface area (Å²) in [6.45, 7) is 4.90. The minimum Gasteiger partial charge on any atom is -0.348 e. The standard InChI is InChI=1S/C15H21F2N3O2/c1-8(2)14(18)15(22)19-7-13(21)20-9(3)11-5-4-10(16)6-12(11)17/h4-6,8-9,14H,7,18H2,1-3H3,(H,19,22)(H,20,21)/t9?,14-/m0/s1. The Hall–Kier alpha value is -2.02. The van der Waals surface area contributed by atoms with Gasteiger partial charge in [-0.2, -0.15) is 0 Å². The molecule has 5 nitrogen and oxygen atoms in total. The van der Waals surface area contributed by atoms with Gasteiger partial charge in [-0.05, 0) is 18.9 Å². The highest BCUT2D eigenvalue weighted by Gasteiger charge is 2.19. The highest BCUT2D eigenvalue weighted by molar-refractivity contribution is 5.87. The molecule has 0 fully saturated rings. The first-order valence-corrected chi connectivity index (χ1v) is 7.00. The van der Waals surface area contributed by atoms with Crippen LogP contribution in [-0.2, 0) is 9.59 Å². The van der Waals surface area contributed by atoms with E-state index in [0.29, 0.717) is 0 Å². The third kappa shape index (κ3) is 5.07. The maximum Gasteiger partial charge on any atom is 0.239 e. The van der Waals surface area contributed by atoms with Crippen molar-refractivity contribution in [3.8, 4) is 0 Å². The molecule has 1 aromatic carbocycles. The monoisotopic (exact) mass is 313 g/mol. The molecule has 22 heavy (non-hydrogen) atoms. The van der Waals surface area contributed by atoms with Crippen molar-refractivity contribution in [3.05, 3.63) is 35.4 Å². The molecule has 1 rings (SSSR count). The second-order valence-electron chi connectivity index (χ2n) is 5.44. The van der Waals surface area contributed by atoms with Crippen LogP contribution in [0.5, 0.6) is 0 Å². The summed E-state index contributed by atoms with van der Waals surface area (Å²) < 4.78 is 26.4. The van der Waals surface area contributed by atoms with E-state index in [-0.39, 0.29) is 18.0 Å². The molecule has 2 amide bonds. The van der Waals surface area contributed by atoms with Gasteiger partial charge in [0.2, 0.25) is 11.8 Å². The lowest BCUT2D eigenvalue weighted by Crippen LogP contribution is -2.47. The summed E-state index contributed by atoms with van der Waals surface area (Å²) >= 11 is 0. The predicted octanol–water partition coefficient (Wildman–Crippen LogP) is 1.24. The first-order valence-electron chi connectivity index (χ1n) is 7.00. The van der Waals surface area contributed by atoms with Crippen molar-refractivity contribution < 1.29 is 18.4 Å². The average molecular weight is 313 g/mol. The van der Waals surface area contributed by atoms with Crippen molar-refractivity contribution in [2.45, 2.75) is 32.9 Å². The largest absolute Gasteiger partial charge is 0.348 e. The second-order valence-corrected chi connectivity index (χ2v) is 5.44. The van der Waals surface area contributed by atoms with Gasteiger partial charge in [0.05, 0.1) is 18.6 Å². The van der Waals surface area contributed by atoms with Crippen molar-refractivity contribution in [2.75, 3.05) is 6.54 Å². The van der Waals surface area contributed by atoms with Gasteiger partial charge in [0, 0.05) is 11.6 Å². The normalized spacial score (nSPS) is 13.6. The van der Waals surface area contributed by atoms with Crippen molar-refractivity contribution >= 4 is 11.8 Å². The van der Waals surface area contributed by atoms with E-state index < -0.39 is 35.5 Å². The molecule has 4 N–H and O–H groups in total. The van der Waals surface area contributed by atoms with Crippen LogP contribution in [-0.4, -0.2) is 24.4 Å². The number of hydrogen-bond acceptors (Lipinski definition) is 3. The SMILES string of the molecule is CC(NC(=O)CNC(=O)[C@@H](N)C(C)C)c1ccc(F)cc1F. The van der Waals surface area contributed by atoms with E-state index in [9.17, 15) is 18.4 Å². The molecule has 0 aromatic heterocycles. The zero-order valence-corrected chi connectivity index (χ0v) is 12.8. The number of benzene rings is 1. The lowest BCUT2D eigenvalue weighted by molar-refractivity contribution is -0.127. The summed E-state index contributed by atoms with van der Waals surface area (Å²) in [4.78, 5) is 23.4. The third-order valence-electron chi connectivity index (χ3n) is 3.25. The van der Waals surface area contributed by atoms with Gasteiger partial charge in [-0.25, -0.2) is 8.78 Å². The van der Waals surface area contributed by atoms with Crippen LogP contribution in [0, 0.1) is 17.6 Å². The van der Waals surface area contributed by atoms with Crippen molar-refractivity contribution in [1.29, 1.82) is 0 Å². The Morgan fingerprint density at radius 1 is 1.23 bits per heavy atom. The van der Waals surface area contributed by atoms with Crippen LogP contribution in [0.1, 0.15) is 32.4 Å². The summed E-state index contributed by atoms with van der Waals surface area (Å²) in [5.74, 6) is -2.38. The van der Waals surface area contributed by atoms with Gasteiger partial charge < -0.3 is 16.4 Å². The number of carbonyl (C=O) groups is 2. The maximum atomic E-state index is 13.6. The van der Waals surface area contributed by atoms with Crippen LogP contribution in [0.4, 0.5) is 8.78 Å². The molecule has 0 saturated carbocycles. The topological polar surface area (TPSA) is 84.2 Å². The zero-order chi connectivity index (χ0) is 16.9. The summed E-state index contributed by atoms with van der Waals surface area (Å²) in [6, 6.07) is 1.79. The molecule has 0 aliphatic rings. The highest BCUT2D eigenvalue weighted by Crippen LogP contribution is 2.17. The van der Waals surface area contributed by atoms with Crippen LogP contribution in [0.25, 0.3) is 0 Å². The molecule has 1 aromatic rings. The van der Waals surface area contributed by atoms with Crippen molar-refractivity contribution in [1.82, 2.24) is 10.6 Å². The molecule has 0 heterocycles. The quantitative estimate of drug-likeness (QED) is 0.739. The summed E-state index contributed by atoms with van der Waals surface area (Å²) in [7, 11) is 0. The van der Waals surface area contributed by atoms with E-state index in [0.717, 1.165) is 12.1 Å². The van der Waals surface area contributed by atoms with Gasteiger partial charge in [0.15, 0.2) is 0 Å². The number of nitrogens with one attached hydrogen (secondary N) is 2. The van der Waals surface area contributed by atoms with E-state index in [1.165, 1.54) is 6.07 Å². The fourth-order valence-corrected chi connectivity index (χ4v) is 1.81. The van der Waals surface area contributed by atoms with E-state index >= 15 is 0 Å². The number of carbonyl (C=O) groups excluding carboxylic acids is 2. The molecule has 0 spiro atoms. The highest BCUT2D eigenvalue weighted by atomic mass is 19.1. The second kappa shape index (κ2) is 7.84. The Kier molecular flexibility index (Phi) is 6.42. The number of amides is 2. The molecule has 0 aliphatic carbocycles. The van der Waals surface area contributed by atoms with Gasteiger partial charge in [-0.1, -0.05) is 19.9 Å². The summed E-state index contributed by atoms with van der Waals surface area (Å²) in [5.41, 5.74) is 5.81. The van der Waals surface area contributed by atoms with Crippen LogP contribution in [0.15, 0.2) is 18.2 Å². The Morgan fingerprint density at radius 2 is 1.86 bits per heavy atom.